The molecule has 0 saturated heterocycles. The number of fused-ring (bicyclic) bond motifs is 1. The Morgan fingerprint density at radius 2 is 1.67 bits per heavy atom. The number of aryl methyl sites for hydroxylation is 3. The number of ketones is 1. The van der Waals surface area contributed by atoms with Crippen molar-refractivity contribution < 1.29 is 34.4 Å². The van der Waals surface area contributed by atoms with Crippen molar-refractivity contribution in [3.63, 3.8) is 0 Å². The fraction of sp³-hybridized carbons (Fsp3) is 0.290. The minimum atomic E-state index is -0.125. The van der Waals surface area contributed by atoms with E-state index in [-0.39, 0.29) is 37.1 Å². The van der Waals surface area contributed by atoms with Gasteiger partial charge in [-0.15, -0.1) is 34.9 Å². The predicted molar refractivity (Wildman–Crippen MR) is 144 cm³/mol. The molecule has 2 aromatic carbocycles. The maximum Gasteiger partial charge on any atom is 0.155 e. The van der Waals surface area contributed by atoms with Gasteiger partial charge in [-0.05, 0) is 56.0 Å². The number of pyridine rings is 1. The van der Waals surface area contributed by atoms with Gasteiger partial charge in [0.25, 0.3) is 0 Å². The van der Waals surface area contributed by atoms with Crippen molar-refractivity contribution in [3.8, 4) is 22.6 Å². The number of hydrogen-bond acceptors (Lipinski definition) is 4. The molecule has 36 heavy (non-hydrogen) atoms. The van der Waals surface area contributed by atoms with Gasteiger partial charge in [0.05, 0.1) is 12.0 Å². The number of furan rings is 1. The molecule has 1 N–H and O–H groups in total. The molecule has 2 aromatic heterocycles. The van der Waals surface area contributed by atoms with Crippen LogP contribution in [0.2, 0.25) is 0 Å². The van der Waals surface area contributed by atoms with Crippen LogP contribution in [0.5, 0.6) is 0 Å². The van der Waals surface area contributed by atoms with Gasteiger partial charge in [0, 0.05) is 37.1 Å². The van der Waals surface area contributed by atoms with Crippen molar-refractivity contribution in [3.05, 3.63) is 88.8 Å². The summed E-state index contributed by atoms with van der Waals surface area (Å²) in [7, 11) is 0. The zero-order valence-corrected chi connectivity index (χ0v) is 24.6. The molecule has 0 spiro atoms. The molecule has 0 bridgehead atoms. The SMILES string of the molecule is CC(=O)/C=C(/C)O.Cc1[c-]c(-c2cc3cc(-c4c(C)cccc4C)oc3cn2)cc(C(C)(C)C)c1.[Ir]. The molecule has 4 nitrogen and oxygen atoms in total. The van der Waals surface area contributed by atoms with E-state index in [0.717, 1.165) is 39.1 Å². The molecule has 0 aliphatic carbocycles. The Morgan fingerprint density at radius 3 is 2.19 bits per heavy atom. The molecule has 4 rings (SSSR count). The maximum atomic E-state index is 10.0. The molecule has 0 atom stereocenters. The van der Waals surface area contributed by atoms with Crippen molar-refractivity contribution in [2.75, 3.05) is 0 Å². The minimum Gasteiger partial charge on any atom is -0.512 e. The molecule has 1 radical (unpaired) electrons. The Kier molecular flexibility index (Phi) is 9.59. The van der Waals surface area contributed by atoms with Crippen molar-refractivity contribution in [1.82, 2.24) is 4.98 Å². The average Bonchev–Trinajstić information content (AvgIpc) is 3.14. The monoisotopic (exact) mass is 661 g/mol. The molecule has 0 saturated carbocycles. The molecule has 5 heteroatoms. The fourth-order valence-electron chi connectivity index (χ4n) is 4.00. The molecule has 4 aromatic rings. The van der Waals surface area contributed by atoms with Crippen LogP contribution in [-0.2, 0) is 30.3 Å². The average molecular weight is 661 g/mol. The molecule has 0 aliphatic heterocycles. The third-order valence-corrected chi connectivity index (χ3v) is 5.69. The summed E-state index contributed by atoms with van der Waals surface area (Å²) in [6.07, 6.45) is 2.99. The van der Waals surface area contributed by atoms with E-state index in [1.807, 2.05) is 6.20 Å². The molecule has 0 amide bonds. The second kappa shape index (κ2) is 11.8. The fourth-order valence-corrected chi connectivity index (χ4v) is 4.00. The zero-order chi connectivity index (χ0) is 25.9. The Balaban J connectivity index is 0.000000503. The quantitative estimate of drug-likeness (QED) is 0.137. The number of hydrogen-bond donors (Lipinski definition) is 1. The number of carbonyl (C=O) groups excluding carboxylic acids is 1. The van der Waals surface area contributed by atoms with Crippen molar-refractivity contribution in [2.45, 2.75) is 60.8 Å². The number of aromatic nitrogens is 1. The van der Waals surface area contributed by atoms with Gasteiger partial charge in [0.2, 0.25) is 0 Å². The van der Waals surface area contributed by atoms with Crippen LogP contribution in [0.3, 0.4) is 0 Å². The Morgan fingerprint density at radius 1 is 1.03 bits per heavy atom. The number of rotatable bonds is 3. The van der Waals surface area contributed by atoms with Crippen molar-refractivity contribution in [2.24, 2.45) is 0 Å². The number of carbonyl (C=O) groups is 1. The van der Waals surface area contributed by atoms with E-state index in [1.54, 1.807) is 0 Å². The third-order valence-electron chi connectivity index (χ3n) is 5.69. The summed E-state index contributed by atoms with van der Waals surface area (Å²) in [5.74, 6) is 0.834. The van der Waals surface area contributed by atoms with Gasteiger partial charge in [-0.1, -0.05) is 52.0 Å². The Bertz CT molecular complexity index is 1380. The van der Waals surface area contributed by atoms with Crippen LogP contribution in [0.1, 0.15) is 56.9 Å². The number of aliphatic hydroxyl groups is 1. The number of nitrogens with zero attached hydrogens (tertiary/aromatic N) is 1. The summed E-state index contributed by atoms with van der Waals surface area (Å²) in [4.78, 5) is 14.7. The molecule has 2 heterocycles. The summed E-state index contributed by atoms with van der Waals surface area (Å²) >= 11 is 0. The van der Waals surface area contributed by atoms with Gasteiger partial charge in [0.15, 0.2) is 11.4 Å². The van der Waals surface area contributed by atoms with Crippen molar-refractivity contribution in [1.29, 1.82) is 0 Å². The van der Waals surface area contributed by atoms with Crippen LogP contribution in [0.4, 0.5) is 0 Å². The van der Waals surface area contributed by atoms with Gasteiger partial charge >= 0.3 is 0 Å². The van der Waals surface area contributed by atoms with Gasteiger partial charge in [-0.3, -0.25) is 4.79 Å². The molecule has 0 fully saturated rings. The van der Waals surface area contributed by atoms with E-state index in [0.29, 0.717) is 0 Å². The van der Waals surface area contributed by atoms with Crippen LogP contribution < -0.4 is 0 Å². The largest absolute Gasteiger partial charge is 0.512 e. The maximum absolute atomic E-state index is 10.0. The van der Waals surface area contributed by atoms with Gasteiger partial charge in [-0.25, -0.2) is 0 Å². The van der Waals surface area contributed by atoms with E-state index in [4.69, 9.17) is 9.52 Å². The van der Waals surface area contributed by atoms with E-state index < -0.39 is 0 Å². The van der Waals surface area contributed by atoms with Crippen molar-refractivity contribution >= 4 is 16.8 Å². The second-order valence-corrected chi connectivity index (χ2v) is 10.1. The van der Waals surface area contributed by atoms with Gasteiger partial charge < -0.3 is 14.5 Å². The first-order valence-corrected chi connectivity index (χ1v) is 11.7. The zero-order valence-electron chi connectivity index (χ0n) is 22.2. The van der Waals surface area contributed by atoms with Crippen LogP contribution in [0.15, 0.2) is 64.9 Å². The first-order valence-electron chi connectivity index (χ1n) is 11.7. The van der Waals surface area contributed by atoms with Crippen LogP contribution in [0, 0.1) is 26.8 Å². The number of benzene rings is 2. The minimum absolute atomic E-state index is 0. The number of allylic oxidation sites excluding steroid dienone is 2. The smallest absolute Gasteiger partial charge is 0.155 e. The summed E-state index contributed by atoms with van der Waals surface area (Å²) in [6.45, 7) is 15.9. The summed E-state index contributed by atoms with van der Waals surface area (Å²) in [5, 5.41) is 9.43. The molecular formula is C31H34IrNO3-. The van der Waals surface area contributed by atoms with Gasteiger partial charge in [0.1, 0.15) is 5.76 Å². The Labute approximate surface area is 227 Å². The summed E-state index contributed by atoms with van der Waals surface area (Å²) in [5.41, 5.74) is 8.88. The first kappa shape index (κ1) is 29.2. The predicted octanol–water partition coefficient (Wildman–Crippen LogP) is 8.22. The third kappa shape index (κ3) is 7.25. The normalized spacial score (nSPS) is 11.5. The first-order chi connectivity index (χ1) is 16.3. The second-order valence-electron chi connectivity index (χ2n) is 10.1. The summed E-state index contributed by atoms with van der Waals surface area (Å²) < 4.78 is 6.14. The number of aliphatic hydroxyl groups excluding tert-OH is 1. The van der Waals surface area contributed by atoms with E-state index >= 15 is 0 Å². The van der Waals surface area contributed by atoms with Crippen LogP contribution in [-0.4, -0.2) is 15.9 Å². The van der Waals surface area contributed by atoms with E-state index in [2.05, 4.69) is 95.1 Å². The van der Waals surface area contributed by atoms with E-state index in [9.17, 15) is 4.79 Å². The van der Waals surface area contributed by atoms with E-state index in [1.165, 1.54) is 36.6 Å². The van der Waals surface area contributed by atoms with Gasteiger partial charge in [-0.2, -0.15) is 0 Å². The molecule has 0 unspecified atom stereocenters. The van der Waals surface area contributed by atoms with Crippen LogP contribution in [0.25, 0.3) is 33.6 Å². The molecule has 191 valence electrons. The molecule has 0 aliphatic rings. The topological polar surface area (TPSA) is 63.3 Å². The Hall–Kier alpha value is -3.01. The standard InChI is InChI=1S/C26H26NO.C5H8O2.Ir/c1-16-10-19(12-21(11-16)26(4,5)6)22-13-20-14-23(28-24(20)15-27-22)25-17(2)8-7-9-18(25)3;1-4(6)3-5(2)7;/h7-9,11-15H,1-6H3;3,6H,1-2H3;/q-1;;/b;4-3-;. The molecular weight excluding hydrogens is 627 g/mol. The summed E-state index contributed by atoms with van der Waals surface area (Å²) in [6, 6.07) is 18.4. The van der Waals surface area contributed by atoms with Crippen LogP contribution >= 0.6 is 0 Å².